The zero-order chi connectivity index (χ0) is 16.4. The van der Waals surface area contributed by atoms with E-state index in [1.54, 1.807) is 10.7 Å². The fourth-order valence-electron chi connectivity index (χ4n) is 2.20. The molecule has 0 atom stereocenters. The number of benzene rings is 1. The molecule has 0 unspecified atom stereocenters. The molecule has 7 heteroatoms. The molecule has 0 radical (unpaired) electrons. The highest BCUT2D eigenvalue weighted by Crippen LogP contribution is 2.31. The van der Waals surface area contributed by atoms with Crippen LogP contribution in [0.2, 0.25) is 8.67 Å². The second-order valence-electron chi connectivity index (χ2n) is 5.01. The average molecular weight is 366 g/mol. The van der Waals surface area contributed by atoms with Gasteiger partial charge in [-0.05, 0) is 18.6 Å². The number of amides is 1. The van der Waals surface area contributed by atoms with E-state index >= 15 is 0 Å². The van der Waals surface area contributed by atoms with E-state index in [0.717, 1.165) is 11.3 Å². The molecule has 118 valence electrons. The van der Waals surface area contributed by atoms with Crippen LogP contribution >= 0.6 is 34.5 Å². The first-order valence-corrected chi connectivity index (χ1v) is 8.45. The largest absolute Gasteiger partial charge is 0.307 e. The molecule has 4 nitrogen and oxygen atoms in total. The van der Waals surface area contributed by atoms with Crippen molar-refractivity contribution in [2.45, 2.75) is 13.5 Å². The van der Waals surface area contributed by atoms with Gasteiger partial charge >= 0.3 is 0 Å². The third-order valence-electron chi connectivity index (χ3n) is 3.22. The van der Waals surface area contributed by atoms with Gasteiger partial charge in [0.2, 0.25) is 0 Å². The van der Waals surface area contributed by atoms with Gasteiger partial charge in [-0.15, -0.1) is 11.3 Å². The predicted molar refractivity (Wildman–Crippen MR) is 94.8 cm³/mol. The molecule has 3 aromatic rings. The maximum absolute atomic E-state index is 12.4. The molecule has 1 aromatic carbocycles. The Morgan fingerprint density at radius 2 is 2.00 bits per heavy atom. The number of aromatic nitrogens is 2. The van der Waals surface area contributed by atoms with E-state index in [1.165, 1.54) is 11.3 Å². The van der Waals surface area contributed by atoms with E-state index in [4.69, 9.17) is 23.2 Å². The smallest absolute Gasteiger partial charge is 0.259 e. The number of aryl methyl sites for hydroxylation is 1. The molecule has 0 spiro atoms. The fourth-order valence-corrected chi connectivity index (χ4v) is 3.66. The number of thiophene rings is 1. The lowest BCUT2D eigenvalue weighted by atomic mass is 10.2. The highest BCUT2D eigenvalue weighted by atomic mass is 35.5. The molecule has 0 aliphatic carbocycles. The van der Waals surface area contributed by atoms with E-state index in [-0.39, 0.29) is 5.91 Å². The van der Waals surface area contributed by atoms with Gasteiger partial charge < -0.3 is 5.32 Å². The lowest BCUT2D eigenvalue weighted by molar-refractivity contribution is 0.102. The molecule has 2 heterocycles. The molecular formula is C16H13Cl2N3OS. The standard InChI is InChI=1S/C16H13Cl2N3OS/c1-10-7-14(19-16(22)12-8-13(17)23-15(12)18)21(20-10)9-11-5-3-2-4-6-11/h2-8H,9H2,1H3,(H,19,22). The molecule has 0 bridgehead atoms. The van der Waals surface area contributed by atoms with Gasteiger partial charge in [-0.25, -0.2) is 4.68 Å². The second kappa shape index (κ2) is 6.74. The highest BCUT2D eigenvalue weighted by Gasteiger charge is 2.16. The maximum Gasteiger partial charge on any atom is 0.259 e. The molecule has 23 heavy (non-hydrogen) atoms. The van der Waals surface area contributed by atoms with E-state index in [1.807, 2.05) is 43.3 Å². The van der Waals surface area contributed by atoms with Crippen LogP contribution in [0.15, 0.2) is 42.5 Å². The molecule has 1 N–H and O–H groups in total. The molecule has 0 fully saturated rings. The Balaban J connectivity index is 1.83. The van der Waals surface area contributed by atoms with Gasteiger partial charge in [0, 0.05) is 6.07 Å². The Morgan fingerprint density at radius 1 is 1.26 bits per heavy atom. The summed E-state index contributed by atoms with van der Waals surface area (Å²) in [7, 11) is 0. The molecular weight excluding hydrogens is 353 g/mol. The fraction of sp³-hybridized carbons (Fsp3) is 0.125. The van der Waals surface area contributed by atoms with Crippen LogP contribution in [0.25, 0.3) is 0 Å². The summed E-state index contributed by atoms with van der Waals surface area (Å²) < 4.78 is 2.61. The Kier molecular flexibility index (Phi) is 4.71. The number of carbonyl (C=O) groups is 1. The van der Waals surface area contributed by atoms with Gasteiger partial charge in [0.05, 0.1) is 22.1 Å². The van der Waals surface area contributed by atoms with Crippen molar-refractivity contribution in [2.24, 2.45) is 0 Å². The summed E-state index contributed by atoms with van der Waals surface area (Å²) in [5.41, 5.74) is 2.29. The third-order valence-corrected chi connectivity index (χ3v) is 4.71. The van der Waals surface area contributed by atoms with Crippen molar-refractivity contribution in [1.29, 1.82) is 0 Å². The topological polar surface area (TPSA) is 46.9 Å². The van der Waals surface area contributed by atoms with Crippen molar-refractivity contribution in [1.82, 2.24) is 9.78 Å². The normalized spacial score (nSPS) is 10.7. The average Bonchev–Trinajstić information content (AvgIpc) is 3.02. The van der Waals surface area contributed by atoms with Crippen molar-refractivity contribution in [2.75, 3.05) is 5.32 Å². The van der Waals surface area contributed by atoms with Gasteiger partial charge in [-0.2, -0.15) is 5.10 Å². The molecule has 0 aliphatic heterocycles. The summed E-state index contributed by atoms with van der Waals surface area (Å²) in [6.07, 6.45) is 0. The second-order valence-corrected chi connectivity index (χ2v) is 7.29. The molecule has 1 amide bonds. The van der Waals surface area contributed by atoms with E-state index in [9.17, 15) is 4.79 Å². The summed E-state index contributed by atoms with van der Waals surface area (Å²) in [6.45, 7) is 2.45. The highest BCUT2D eigenvalue weighted by molar-refractivity contribution is 7.20. The van der Waals surface area contributed by atoms with Gasteiger partial charge in [-0.1, -0.05) is 53.5 Å². The summed E-state index contributed by atoms with van der Waals surface area (Å²) in [5.74, 6) is 0.321. The summed E-state index contributed by atoms with van der Waals surface area (Å²) in [6, 6.07) is 13.3. The van der Waals surface area contributed by atoms with E-state index < -0.39 is 0 Å². The number of nitrogens with one attached hydrogen (secondary N) is 1. The van der Waals surface area contributed by atoms with Crippen LogP contribution in [0.4, 0.5) is 5.82 Å². The first kappa shape index (κ1) is 16.1. The zero-order valence-corrected chi connectivity index (χ0v) is 14.5. The van der Waals surface area contributed by atoms with Crippen molar-refractivity contribution in [3.05, 3.63) is 68.0 Å². The van der Waals surface area contributed by atoms with E-state index in [2.05, 4.69) is 10.4 Å². The predicted octanol–water partition coefficient (Wildman–Crippen LogP) is 4.86. The van der Waals surface area contributed by atoms with Crippen LogP contribution in [0.3, 0.4) is 0 Å². The zero-order valence-electron chi connectivity index (χ0n) is 12.2. The first-order chi connectivity index (χ1) is 11.0. The minimum Gasteiger partial charge on any atom is -0.307 e. The van der Waals surface area contributed by atoms with Crippen LogP contribution in [-0.2, 0) is 6.54 Å². The lowest BCUT2D eigenvalue weighted by Crippen LogP contribution is -2.16. The van der Waals surface area contributed by atoms with Crippen LogP contribution in [0.1, 0.15) is 21.6 Å². The number of hydrogen-bond acceptors (Lipinski definition) is 3. The van der Waals surface area contributed by atoms with Crippen molar-refractivity contribution >= 4 is 46.3 Å². The number of rotatable bonds is 4. The molecule has 3 rings (SSSR count). The summed E-state index contributed by atoms with van der Waals surface area (Å²) >= 11 is 13.1. The maximum atomic E-state index is 12.4. The number of halogens is 2. The lowest BCUT2D eigenvalue weighted by Gasteiger charge is -2.08. The minimum absolute atomic E-state index is 0.299. The van der Waals surface area contributed by atoms with Crippen LogP contribution in [0, 0.1) is 6.92 Å². The SMILES string of the molecule is Cc1cc(NC(=O)c2cc(Cl)sc2Cl)n(Cc2ccccc2)n1. The number of nitrogens with zero attached hydrogens (tertiary/aromatic N) is 2. The quantitative estimate of drug-likeness (QED) is 0.717. The minimum atomic E-state index is -0.299. The molecule has 0 saturated heterocycles. The monoisotopic (exact) mass is 365 g/mol. The summed E-state index contributed by atoms with van der Waals surface area (Å²) in [4.78, 5) is 12.4. The third kappa shape index (κ3) is 3.75. The van der Waals surface area contributed by atoms with Gasteiger partial charge in [0.15, 0.2) is 0 Å². The van der Waals surface area contributed by atoms with E-state index in [0.29, 0.717) is 26.6 Å². The Bertz CT molecular complexity index is 842. The van der Waals surface area contributed by atoms with Gasteiger partial charge in [-0.3, -0.25) is 4.79 Å². The Labute approximate surface area is 147 Å². The molecule has 2 aromatic heterocycles. The van der Waals surface area contributed by atoms with Crippen LogP contribution < -0.4 is 5.32 Å². The van der Waals surface area contributed by atoms with Gasteiger partial charge in [0.1, 0.15) is 10.2 Å². The summed E-state index contributed by atoms with van der Waals surface area (Å²) in [5, 5.41) is 7.27. The van der Waals surface area contributed by atoms with Crippen molar-refractivity contribution < 1.29 is 4.79 Å². The first-order valence-electron chi connectivity index (χ1n) is 6.87. The Hall–Kier alpha value is -1.82. The number of anilines is 1. The van der Waals surface area contributed by atoms with Crippen molar-refractivity contribution in [3.8, 4) is 0 Å². The molecule has 0 saturated carbocycles. The number of hydrogen-bond donors (Lipinski definition) is 1. The van der Waals surface area contributed by atoms with Crippen LogP contribution in [0.5, 0.6) is 0 Å². The number of carbonyl (C=O) groups excluding carboxylic acids is 1. The van der Waals surface area contributed by atoms with Gasteiger partial charge in [0.25, 0.3) is 5.91 Å². The van der Waals surface area contributed by atoms with Crippen molar-refractivity contribution in [3.63, 3.8) is 0 Å². The Morgan fingerprint density at radius 3 is 2.65 bits per heavy atom. The molecule has 0 aliphatic rings. The van der Waals surface area contributed by atoms with Crippen LogP contribution in [-0.4, -0.2) is 15.7 Å².